The number of aromatic hydroxyl groups is 1. The molecule has 25 heavy (non-hydrogen) atoms. The topological polar surface area (TPSA) is 52.5 Å². The zero-order valence-corrected chi connectivity index (χ0v) is 15.8. The van der Waals surface area contributed by atoms with Crippen molar-refractivity contribution in [2.24, 2.45) is 0 Å². The lowest BCUT2D eigenvalue weighted by Crippen LogP contribution is -2.33. The number of hydrogen-bond donors (Lipinski definition) is 3. The van der Waals surface area contributed by atoms with Crippen LogP contribution in [0.3, 0.4) is 0 Å². The van der Waals surface area contributed by atoms with Crippen molar-refractivity contribution in [3.63, 3.8) is 0 Å². The summed E-state index contributed by atoms with van der Waals surface area (Å²) >= 11 is 3.46. The average molecular weight is 374 g/mol. The molecule has 0 radical (unpaired) electrons. The molecular formula is C20H23NO2S2. The van der Waals surface area contributed by atoms with Crippen molar-refractivity contribution in [3.05, 3.63) is 74.6 Å². The average Bonchev–Trinajstić information content (AvgIpc) is 3.32. The summed E-state index contributed by atoms with van der Waals surface area (Å²) in [6, 6.07) is 11.1. The number of phenols is 1. The van der Waals surface area contributed by atoms with E-state index in [9.17, 15) is 10.2 Å². The molecule has 5 heteroatoms. The molecule has 0 bridgehead atoms. The number of aliphatic hydroxyl groups excluding tert-OH is 1. The van der Waals surface area contributed by atoms with Crippen LogP contribution in [0.4, 0.5) is 0 Å². The fourth-order valence-corrected chi connectivity index (χ4v) is 4.43. The summed E-state index contributed by atoms with van der Waals surface area (Å²) in [5.74, 6) is 0.606. The smallest absolute Gasteiger partial charge is 0.115 e. The SMILES string of the molecule is CC(NCCC(c1ccsc1)c1ccsc1)C(O)c1ccc(O)cc1. The highest BCUT2D eigenvalue weighted by Gasteiger charge is 2.18. The zero-order chi connectivity index (χ0) is 17.6. The van der Waals surface area contributed by atoms with E-state index in [1.54, 1.807) is 46.9 Å². The Morgan fingerprint density at radius 1 is 0.920 bits per heavy atom. The van der Waals surface area contributed by atoms with Gasteiger partial charge in [0, 0.05) is 12.0 Å². The molecule has 1 aromatic carbocycles. The van der Waals surface area contributed by atoms with E-state index in [1.165, 1.54) is 11.1 Å². The van der Waals surface area contributed by atoms with Gasteiger partial charge in [-0.15, -0.1) is 0 Å². The Kier molecular flexibility index (Phi) is 6.26. The van der Waals surface area contributed by atoms with E-state index in [4.69, 9.17) is 0 Å². The predicted octanol–water partition coefficient (Wildman–Crippen LogP) is 4.75. The third-order valence-corrected chi connectivity index (χ3v) is 5.90. The van der Waals surface area contributed by atoms with Crippen LogP contribution in [-0.4, -0.2) is 22.8 Å². The van der Waals surface area contributed by atoms with Gasteiger partial charge >= 0.3 is 0 Å². The summed E-state index contributed by atoms with van der Waals surface area (Å²) in [4.78, 5) is 0. The normalized spacial score (nSPS) is 13.9. The highest BCUT2D eigenvalue weighted by atomic mass is 32.1. The maximum absolute atomic E-state index is 10.5. The number of benzene rings is 1. The van der Waals surface area contributed by atoms with Gasteiger partial charge in [-0.3, -0.25) is 0 Å². The number of thiophene rings is 2. The van der Waals surface area contributed by atoms with E-state index < -0.39 is 6.10 Å². The van der Waals surface area contributed by atoms with Crippen molar-refractivity contribution in [2.75, 3.05) is 6.54 Å². The first kappa shape index (κ1) is 18.1. The third-order valence-electron chi connectivity index (χ3n) is 4.50. The van der Waals surface area contributed by atoms with Crippen LogP contribution in [0, 0.1) is 0 Å². The van der Waals surface area contributed by atoms with Crippen molar-refractivity contribution in [1.82, 2.24) is 5.32 Å². The molecule has 2 unspecified atom stereocenters. The molecule has 2 atom stereocenters. The molecule has 0 amide bonds. The number of hydrogen-bond acceptors (Lipinski definition) is 5. The zero-order valence-electron chi connectivity index (χ0n) is 14.1. The van der Waals surface area contributed by atoms with E-state index in [1.807, 2.05) is 6.92 Å². The quantitative estimate of drug-likeness (QED) is 0.534. The Hall–Kier alpha value is -1.66. The molecule has 3 rings (SSSR count). The van der Waals surface area contributed by atoms with Gasteiger partial charge < -0.3 is 15.5 Å². The Balaban J connectivity index is 1.57. The minimum Gasteiger partial charge on any atom is -0.508 e. The summed E-state index contributed by atoms with van der Waals surface area (Å²) in [5.41, 5.74) is 3.53. The highest BCUT2D eigenvalue weighted by Crippen LogP contribution is 2.31. The maximum Gasteiger partial charge on any atom is 0.115 e. The van der Waals surface area contributed by atoms with Gasteiger partial charge in [-0.05, 0) is 82.4 Å². The molecule has 2 aromatic heterocycles. The largest absolute Gasteiger partial charge is 0.508 e. The van der Waals surface area contributed by atoms with Crippen LogP contribution < -0.4 is 5.32 Å². The summed E-state index contributed by atoms with van der Waals surface area (Å²) < 4.78 is 0. The minimum atomic E-state index is -0.596. The molecule has 3 N–H and O–H groups in total. The molecule has 0 aliphatic heterocycles. The van der Waals surface area contributed by atoms with Gasteiger partial charge in [-0.2, -0.15) is 22.7 Å². The van der Waals surface area contributed by atoms with Gasteiger partial charge in [0.25, 0.3) is 0 Å². The van der Waals surface area contributed by atoms with Gasteiger partial charge in [0.2, 0.25) is 0 Å². The van der Waals surface area contributed by atoms with Gasteiger partial charge in [-0.25, -0.2) is 0 Å². The van der Waals surface area contributed by atoms with Crippen molar-refractivity contribution in [1.29, 1.82) is 0 Å². The van der Waals surface area contributed by atoms with E-state index in [-0.39, 0.29) is 11.8 Å². The lowest BCUT2D eigenvalue weighted by molar-refractivity contribution is 0.136. The maximum atomic E-state index is 10.5. The van der Waals surface area contributed by atoms with Crippen LogP contribution in [0.2, 0.25) is 0 Å². The molecule has 0 saturated heterocycles. The van der Waals surface area contributed by atoms with E-state index >= 15 is 0 Å². The lowest BCUT2D eigenvalue weighted by atomic mass is 9.92. The molecule has 2 heterocycles. The van der Waals surface area contributed by atoms with E-state index in [0.717, 1.165) is 18.5 Å². The van der Waals surface area contributed by atoms with E-state index in [0.29, 0.717) is 5.92 Å². The molecule has 132 valence electrons. The molecule has 3 aromatic rings. The molecule has 0 saturated carbocycles. The summed E-state index contributed by atoms with van der Waals surface area (Å²) in [7, 11) is 0. The first-order valence-corrected chi connectivity index (χ1v) is 10.3. The number of phenolic OH excluding ortho intramolecular Hbond substituents is 1. The highest BCUT2D eigenvalue weighted by molar-refractivity contribution is 7.08. The first-order chi connectivity index (χ1) is 12.1. The van der Waals surface area contributed by atoms with Crippen molar-refractivity contribution in [3.8, 4) is 5.75 Å². The molecule has 0 aliphatic carbocycles. The molecular weight excluding hydrogens is 350 g/mol. The van der Waals surface area contributed by atoms with Crippen LogP contribution in [-0.2, 0) is 0 Å². The molecule has 0 aliphatic rings. The fourth-order valence-electron chi connectivity index (χ4n) is 3.00. The Labute approximate surface area is 156 Å². The number of aliphatic hydroxyl groups is 1. The number of nitrogens with one attached hydrogen (secondary N) is 1. The van der Waals surface area contributed by atoms with Gasteiger partial charge in [-0.1, -0.05) is 12.1 Å². The Morgan fingerprint density at radius 3 is 2.04 bits per heavy atom. The van der Waals surface area contributed by atoms with Gasteiger partial charge in [0.05, 0.1) is 6.10 Å². The third kappa shape index (κ3) is 4.70. The second-order valence-electron chi connectivity index (χ2n) is 6.23. The van der Waals surface area contributed by atoms with Crippen LogP contribution >= 0.6 is 22.7 Å². The van der Waals surface area contributed by atoms with Gasteiger partial charge in [0.15, 0.2) is 0 Å². The van der Waals surface area contributed by atoms with E-state index in [2.05, 4.69) is 39.0 Å². The van der Waals surface area contributed by atoms with Crippen LogP contribution in [0.25, 0.3) is 0 Å². The second-order valence-corrected chi connectivity index (χ2v) is 7.79. The lowest BCUT2D eigenvalue weighted by Gasteiger charge is -2.22. The van der Waals surface area contributed by atoms with Crippen LogP contribution in [0.5, 0.6) is 5.75 Å². The first-order valence-electron chi connectivity index (χ1n) is 8.39. The summed E-state index contributed by atoms with van der Waals surface area (Å²) in [6.07, 6.45) is 0.390. The standard InChI is InChI=1S/C20H23NO2S2/c1-14(20(23)15-2-4-18(22)5-3-15)21-9-6-19(16-7-10-24-12-16)17-8-11-25-13-17/h2-5,7-8,10-14,19-23H,6,9H2,1H3. The van der Waals surface area contributed by atoms with Crippen LogP contribution in [0.1, 0.15) is 42.1 Å². The van der Waals surface area contributed by atoms with Crippen molar-refractivity contribution < 1.29 is 10.2 Å². The molecule has 3 nitrogen and oxygen atoms in total. The minimum absolute atomic E-state index is 0.0601. The monoisotopic (exact) mass is 373 g/mol. The van der Waals surface area contributed by atoms with Crippen molar-refractivity contribution in [2.45, 2.75) is 31.4 Å². The molecule has 0 fully saturated rings. The van der Waals surface area contributed by atoms with Crippen LogP contribution in [0.15, 0.2) is 57.9 Å². The number of rotatable bonds is 8. The predicted molar refractivity (Wildman–Crippen MR) is 106 cm³/mol. The summed E-state index contributed by atoms with van der Waals surface area (Å²) in [6.45, 7) is 2.81. The molecule has 0 spiro atoms. The Bertz CT molecular complexity index is 704. The van der Waals surface area contributed by atoms with Gasteiger partial charge in [0.1, 0.15) is 5.75 Å². The fraction of sp³-hybridized carbons (Fsp3) is 0.300. The Morgan fingerprint density at radius 2 is 1.52 bits per heavy atom. The summed E-state index contributed by atoms with van der Waals surface area (Å²) in [5, 5.41) is 32.0. The van der Waals surface area contributed by atoms with Crippen molar-refractivity contribution >= 4 is 22.7 Å². The second kappa shape index (κ2) is 8.63.